The molecule has 5 heteroatoms. The Hall–Kier alpha value is -0.910. The zero-order valence-corrected chi connectivity index (χ0v) is 15.9. The van der Waals surface area contributed by atoms with Gasteiger partial charge in [-0.15, -0.1) is 0 Å². The van der Waals surface area contributed by atoms with Gasteiger partial charge < -0.3 is 14.4 Å². The van der Waals surface area contributed by atoms with Crippen molar-refractivity contribution in [1.29, 1.82) is 0 Å². The maximum atomic E-state index is 12.7. The van der Waals surface area contributed by atoms with Crippen LogP contribution >= 0.6 is 0 Å². The van der Waals surface area contributed by atoms with E-state index in [4.69, 9.17) is 9.47 Å². The van der Waals surface area contributed by atoms with Crippen molar-refractivity contribution in [3.63, 3.8) is 0 Å². The van der Waals surface area contributed by atoms with Crippen molar-refractivity contribution in [2.24, 2.45) is 11.8 Å². The highest BCUT2D eigenvalue weighted by atomic mass is 16.6. The van der Waals surface area contributed by atoms with E-state index in [1.54, 1.807) is 0 Å². The molecule has 0 N–H and O–H groups in total. The Bertz CT molecular complexity index is 555. The molecule has 3 heterocycles. The van der Waals surface area contributed by atoms with E-state index in [1.165, 1.54) is 5.57 Å². The molecule has 3 fully saturated rings. The van der Waals surface area contributed by atoms with Crippen molar-refractivity contribution in [1.82, 2.24) is 9.80 Å². The van der Waals surface area contributed by atoms with Crippen LogP contribution in [0.25, 0.3) is 0 Å². The van der Waals surface area contributed by atoms with Gasteiger partial charge in [-0.25, -0.2) is 0 Å². The lowest BCUT2D eigenvalue weighted by molar-refractivity contribution is -0.145. The summed E-state index contributed by atoms with van der Waals surface area (Å²) in [5, 5.41) is 0. The summed E-state index contributed by atoms with van der Waals surface area (Å²) in [7, 11) is 2.17. The van der Waals surface area contributed by atoms with Crippen LogP contribution in [0.15, 0.2) is 11.6 Å². The quantitative estimate of drug-likeness (QED) is 0.434. The van der Waals surface area contributed by atoms with Gasteiger partial charge >= 0.3 is 5.97 Å². The van der Waals surface area contributed by atoms with Crippen molar-refractivity contribution in [2.45, 2.75) is 57.3 Å². The summed E-state index contributed by atoms with van der Waals surface area (Å²) in [6.07, 6.45) is 6.62. The first kappa shape index (κ1) is 17.5. The summed E-state index contributed by atoms with van der Waals surface area (Å²) in [4.78, 5) is 17.5. The molecule has 0 bridgehead atoms. The Morgan fingerprint density at radius 3 is 2.80 bits per heavy atom. The Kier molecular flexibility index (Phi) is 4.67. The first-order valence-electron chi connectivity index (χ1n) is 9.91. The number of carbonyl (C=O) groups excluding carboxylic acids is 1. The molecule has 5 atom stereocenters. The molecule has 140 valence electrons. The number of likely N-dealkylation sites (N-methyl/N-ethyl adjacent to an activating group) is 1. The highest BCUT2D eigenvalue weighted by Gasteiger charge is 2.62. The van der Waals surface area contributed by atoms with Gasteiger partial charge in [0.25, 0.3) is 0 Å². The summed E-state index contributed by atoms with van der Waals surface area (Å²) < 4.78 is 12.0. The molecule has 1 aliphatic carbocycles. The predicted octanol–water partition coefficient (Wildman–Crippen LogP) is 2.07. The topological polar surface area (TPSA) is 45.3 Å². The highest BCUT2D eigenvalue weighted by Crippen LogP contribution is 2.50. The van der Waals surface area contributed by atoms with Crippen molar-refractivity contribution in [3.05, 3.63) is 11.6 Å². The third kappa shape index (κ3) is 3.51. The first-order valence-corrected chi connectivity index (χ1v) is 9.91. The monoisotopic (exact) mass is 348 g/mol. The zero-order valence-electron chi connectivity index (χ0n) is 15.9. The second kappa shape index (κ2) is 6.67. The molecule has 5 nitrogen and oxygen atoms in total. The Balaban J connectivity index is 1.49. The van der Waals surface area contributed by atoms with Crippen LogP contribution in [0.4, 0.5) is 0 Å². The third-order valence-corrected chi connectivity index (χ3v) is 6.79. The molecule has 0 spiro atoms. The van der Waals surface area contributed by atoms with Gasteiger partial charge in [-0.05, 0) is 46.6 Å². The maximum Gasteiger partial charge on any atom is 0.311 e. The second-order valence-electron chi connectivity index (χ2n) is 8.75. The van der Waals surface area contributed by atoms with E-state index in [-0.39, 0.29) is 29.7 Å². The fourth-order valence-corrected chi connectivity index (χ4v) is 4.86. The van der Waals surface area contributed by atoms with Crippen LogP contribution in [-0.2, 0) is 14.3 Å². The molecule has 25 heavy (non-hydrogen) atoms. The molecule has 0 amide bonds. The summed E-state index contributed by atoms with van der Waals surface area (Å²) in [6.45, 7) is 9.52. The Morgan fingerprint density at radius 1 is 1.28 bits per heavy atom. The van der Waals surface area contributed by atoms with E-state index in [0.717, 1.165) is 58.4 Å². The van der Waals surface area contributed by atoms with Gasteiger partial charge in [0.05, 0.1) is 11.5 Å². The lowest BCUT2D eigenvalue weighted by Crippen LogP contribution is -2.47. The minimum Gasteiger partial charge on any atom is -0.459 e. The number of fused-ring (bicyclic) bond motifs is 3. The SMILES string of the molecule is C/C1=C/CCC2(C)OC2C2OC(=O)C(CN3CCN(C)CC3)C2CC1. The largest absolute Gasteiger partial charge is 0.459 e. The van der Waals surface area contributed by atoms with Gasteiger partial charge in [0.2, 0.25) is 0 Å². The molecule has 5 unspecified atom stereocenters. The molecule has 0 aromatic carbocycles. The van der Waals surface area contributed by atoms with Crippen molar-refractivity contribution >= 4 is 5.97 Å². The molecular weight excluding hydrogens is 316 g/mol. The average Bonchev–Trinajstić information content (AvgIpc) is 3.15. The lowest BCUT2D eigenvalue weighted by Gasteiger charge is -2.34. The van der Waals surface area contributed by atoms with Crippen molar-refractivity contribution in [3.8, 4) is 0 Å². The number of ether oxygens (including phenoxy) is 2. The van der Waals surface area contributed by atoms with Gasteiger partial charge in [-0.2, -0.15) is 0 Å². The lowest BCUT2D eigenvalue weighted by atomic mass is 9.80. The zero-order chi connectivity index (χ0) is 17.6. The van der Waals surface area contributed by atoms with Crippen LogP contribution in [0, 0.1) is 11.8 Å². The van der Waals surface area contributed by atoms with Gasteiger partial charge in [-0.3, -0.25) is 9.69 Å². The van der Waals surface area contributed by atoms with Gasteiger partial charge in [0.15, 0.2) is 0 Å². The number of hydrogen-bond acceptors (Lipinski definition) is 5. The smallest absolute Gasteiger partial charge is 0.311 e. The highest BCUT2D eigenvalue weighted by molar-refractivity contribution is 5.75. The summed E-state index contributed by atoms with van der Waals surface area (Å²) in [5.41, 5.74) is 1.35. The number of esters is 1. The number of nitrogens with zero attached hydrogens (tertiary/aromatic N) is 2. The second-order valence-corrected chi connectivity index (χ2v) is 8.75. The molecule has 0 radical (unpaired) electrons. The molecule has 0 aromatic rings. The third-order valence-electron chi connectivity index (χ3n) is 6.79. The van der Waals surface area contributed by atoms with Crippen LogP contribution in [0.5, 0.6) is 0 Å². The molecule has 0 aromatic heterocycles. The van der Waals surface area contributed by atoms with E-state index < -0.39 is 0 Å². The molecule has 4 rings (SSSR count). The fraction of sp³-hybridized carbons (Fsp3) is 0.850. The van der Waals surface area contributed by atoms with E-state index >= 15 is 0 Å². The fourth-order valence-electron chi connectivity index (χ4n) is 4.86. The van der Waals surface area contributed by atoms with Crippen molar-refractivity contribution < 1.29 is 14.3 Å². The van der Waals surface area contributed by atoms with E-state index in [2.05, 4.69) is 36.8 Å². The number of hydrogen-bond donors (Lipinski definition) is 0. The van der Waals surface area contributed by atoms with Gasteiger partial charge in [-0.1, -0.05) is 11.6 Å². The Morgan fingerprint density at radius 2 is 2.04 bits per heavy atom. The van der Waals surface area contributed by atoms with Gasteiger partial charge in [0.1, 0.15) is 12.2 Å². The number of rotatable bonds is 2. The minimum absolute atomic E-state index is 0.00709. The van der Waals surface area contributed by atoms with Crippen LogP contribution in [-0.4, -0.2) is 73.3 Å². The van der Waals surface area contributed by atoms with Crippen LogP contribution in [0.1, 0.15) is 39.5 Å². The molecule has 3 aliphatic heterocycles. The molecule has 0 saturated carbocycles. The molecular formula is C20H32N2O3. The predicted molar refractivity (Wildman–Crippen MR) is 96.3 cm³/mol. The van der Waals surface area contributed by atoms with Crippen LogP contribution < -0.4 is 0 Å². The normalized spacial score (nSPS) is 45.1. The number of piperazine rings is 1. The van der Waals surface area contributed by atoms with E-state index in [9.17, 15) is 4.79 Å². The van der Waals surface area contributed by atoms with Gasteiger partial charge in [0, 0.05) is 38.6 Å². The van der Waals surface area contributed by atoms with E-state index in [0.29, 0.717) is 5.92 Å². The summed E-state index contributed by atoms with van der Waals surface area (Å²) in [6, 6.07) is 0. The Labute approximate surface area is 151 Å². The summed E-state index contributed by atoms with van der Waals surface area (Å²) in [5.74, 6) is 0.308. The van der Waals surface area contributed by atoms with Crippen LogP contribution in [0.3, 0.4) is 0 Å². The molecule has 4 aliphatic rings. The minimum atomic E-state index is -0.0972. The average molecular weight is 348 g/mol. The van der Waals surface area contributed by atoms with Crippen molar-refractivity contribution in [2.75, 3.05) is 39.8 Å². The number of allylic oxidation sites excluding steroid dienone is 2. The standard InChI is InChI=1S/C20H32N2O3/c1-14-5-4-8-20(2)18(25-20)17-15(7-6-14)16(19(23)24-17)13-22-11-9-21(3)10-12-22/h5,15-18H,4,6-13H2,1-3H3/b14-5-. The first-order chi connectivity index (χ1) is 12.0. The number of epoxide rings is 1. The van der Waals surface area contributed by atoms with Crippen LogP contribution in [0.2, 0.25) is 0 Å². The van der Waals surface area contributed by atoms with E-state index in [1.807, 2.05) is 0 Å². The maximum absolute atomic E-state index is 12.7. The number of carbonyl (C=O) groups is 1. The molecule has 3 saturated heterocycles. The summed E-state index contributed by atoms with van der Waals surface area (Å²) >= 11 is 0.